The maximum absolute atomic E-state index is 10.7. The number of aliphatic carboxylic acids is 1. The molecule has 0 aliphatic carbocycles. The Labute approximate surface area is 95.1 Å². The van der Waals surface area contributed by atoms with Crippen LogP contribution < -0.4 is 0 Å². The molecule has 0 saturated carbocycles. The van der Waals surface area contributed by atoms with Crippen LogP contribution >= 0.6 is 0 Å². The number of rotatable bonds is 6. The lowest BCUT2D eigenvalue weighted by molar-refractivity contribution is -0.138. The Kier molecular flexibility index (Phi) is 4.85. The summed E-state index contributed by atoms with van der Waals surface area (Å²) in [5.41, 5.74) is 0.863. The zero-order valence-corrected chi connectivity index (χ0v) is 9.68. The van der Waals surface area contributed by atoms with E-state index in [4.69, 9.17) is 5.11 Å². The van der Waals surface area contributed by atoms with Crippen molar-refractivity contribution in [1.29, 1.82) is 0 Å². The van der Waals surface area contributed by atoms with Crippen LogP contribution in [0.4, 0.5) is 0 Å². The zero-order chi connectivity index (χ0) is 12.0. The number of carboxylic acids is 1. The van der Waals surface area contributed by atoms with E-state index in [0.29, 0.717) is 12.4 Å². The van der Waals surface area contributed by atoms with Gasteiger partial charge >= 0.3 is 5.97 Å². The maximum atomic E-state index is 10.7. The van der Waals surface area contributed by atoms with E-state index in [1.165, 1.54) is 0 Å². The first kappa shape index (κ1) is 12.6. The molecular formula is C11H17N3O2. The molecule has 5 heteroatoms. The lowest BCUT2D eigenvalue weighted by Crippen LogP contribution is -2.30. The highest BCUT2D eigenvalue weighted by Gasteiger charge is 2.10. The molecule has 0 aromatic carbocycles. The quantitative estimate of drug-likeness (QED) is 0.781. The summed E-state index contributed by atoms with van der Waals surface area (Å²) in [5.74, 6) is -0.0940. The van der Waals surface area contributed by atoms with Gasteiger partial charge in [0.15, 0.2) is 0 Å². The fourth-order valence-corrected chi connectivity index (χ4v) is 1.54. The molecule has 0 unspecified atom stereocenters. The first-order valence-corrected chi connectivity index (χ1v) is 5.34. The third-order valence-corrected chi connectivity index (χ3v) is 2.12. The molecule has 1 heterocycles. The highest BCUT2D eigenvalue weighted by Crippen LogP contribution is 2.02. The minimum absolute atomic E-state index is 0.0525. The Morgan fingerprint density at radius 1 is 1.56 bits per heavy atom. The maximum Gasteiger partial charge on any atom is 0.317 e. The van der Waals surface area contributed by atoms with Gasteiger partial charge in [0.25, 0.3) is 0 Å². The van der Waals surface area contributed by atoms with Crippen molar-refractivity contribution in [3.05, 3.63) is 23.8 Å². The van der Waals surface area contributed by atoms with Crippen LogP contribution in [0.5, 0.6) is 0 Å². The van der Waals surface area contributed by atoms with E-state index >= 15 is 0 Å². The number of aryl methyl sites for hydroxylation is 1. The molecule has 0 aliphatic rings. The van der Waals surface area contributed by atoms with Gasteiger partial charge in [-0.1, -0.05) is 6.92 Å². The Bertz CT molecular complexity index is 355. The molecule has 88 valence electrons. The van der Waals surface area contributed by atoms with Crippen molar-refractivity contribution in [3.8, 4) is 0 Å². The van der Waals surface area contributed by atoms with Crippen LogP contribution in [-0.4, -0.2) is 39.0 Å². The Balaban J connectivity index is 2.63. The average Bonchev–Trinajstić information content (AvgIpc) is 2.16. The van der Waals surface area contributed by atoms with Crippen molar-refractivity contribution < 1.29 is 9.90 Å². The monoisotopic (exact) mass is 223 g/mol. The summed E-state index contributed by atoms with van der Waals surface area (Å²) in [6.45, 7) is 5.22. The standard InChI is InChI=1S/C11H17N3O2/c1-3-6-14(8-11(15)16)7-10-4-5-12-9(2)13-10/h4-5H,3,6-8H2,1-2H3,(H,15,16). The van der Waals surface area contributed by atoms with Crippen LogP contribution in [0.2, 0.25) is 0 Å². The highest BCUT2D eigenvalue weighted by molar-refractivity contribution is 5.69. The second kappa shape index (κ2) is 6.17. The number of hydrogen-bond acceptors (Lipinski definition) is 4. The zero-order valence-electron chi connectivity index (χ0n) is 9.68. The molecule has 5 nitrogen and oxygen atoms in total. The summed E-state index contributed by atoms with van der Waals surface area (Å²) in [6, 6.07) is 1.82. The predicted molar refractivity (Wildman–Crippen MR) is 60.0 cm³/mol. The van der Waals surface area contributed by atoms with E-state index in [1.807, 2.05) is 24.8 Å². The fourth-order valence-electron chi connectivity index (χ4n) is 1.54. The molecule has 1 N–H and O–H groups in total. The molecule has 1 rings (SSSR count). The van der Waals surface area contributed by atoms with Gasteiger partial charge in [0.1, 0.15) is 5.82 Å². The van der Waals surface area contributed by atoms with Gasteiger partial charge < -0.3 is 5.11 Å². The van der Waals surface area contributed by atoms with E-state index in [-0.39, 0.29) is 6.54 Å². The lowest BCUT2D eigenvalue weighted by Gasteiger charge is -2.18. The van der Waals surface area contributed by atoms with Crippen LogP contribution in [0.15, 0.2) is 12.3 Å². The molecule has 0 amide bonds. The Morgan fingerprint density at radius 3 is 2.88 bits per heavy atom. The van der Waals surface area contributed by atoms with Crippen LogP contribution in [0.1, 0.15) is 24.9 Å². The smallest absolute Gasteiger partial charge is 0.317 e. The van der Waals surface area contributed by atoms with Gasteiger partial charge in [0.2, 0.25) is 0 Å². The molecule has 0 atom stereocenters. The molecule has 0 spiro atoms. The van der Waals surface area contributed by atoms with Crippen molar-refractivity contribution in [2.75, 3.05) is 13.1 Å². The van der Waals surface area contributed by atoms with Crippen molar-refractivity contribution in [2.45, 2.75) is 26.8 Å². The topological polar surface area (TPSA) is 66.3 Å². The number of carboxylic acid groups (broad SMARTS) is 1. The first-order chi connectivity index (χ1) is 7.61. The second-order valence-corrected chi connectivity index (χ2v) is 3.70. The lowest BCUT2D eigenvalue weighted by atomic mass is 10.3. The average molecular weight is 223 g/mol. The van der Waals surface area contributed by atoms with Crippen molar-refractivity contribution >= 4 is 5.97 Å². The first-order valence-electron chi connectivity index (χ1n) is 5.34. The van der Waals surface area contributed by atoms with E-state index in [0.717, 1.165) is 18.7 Å². The molecule has 0 aliphatic heterocycles. The molecule has 1 aromatic heterocycles. The number of hydrogen-bond donors (Lipinski definition) is 1. The molecule has 1 aromatic rings. The molecule has 16 heavy (non-hydrogen) atoms. The van der Waals surface area contributed by atoms with Crippen LogP contribution in [-0.2, 0) is 11.3 Å². The molecular weight excluding hydrogens is 206 g/mol. The van der Waals surface area contributed by atoms with E-state index in [2.05, 4.69) is 9.97 Å². The molecule has 0 fully saturated rings. The van der Waals surface area contributed by atoms with E-state index < -0.39 is 5.97 Å². The summed E-state index contributed by atoms with van der Waals surface area (Å²) in [7, 11) is 0. The highest BCUT2D eigenvalue weighted by atomic mass is 16.4. The second-order valence-electron chi connectivity index (χ2n) is 3.70. The van der Waals surface area contributed by atoms with Gasteiger partial charge in [0, 0.05) is 12.7 Å². The normalized spacial score (nSPS) is 10.7. The summed E-state index contributed by atoms with van der Waals surface area (Å²) >= 11 is 0. The predicted octanol–water partition coefficient (Wildman–Crippen LogP) is 1.08. The van der Waals surface area contributed by atoms with Crippen LogP contribution in [0.25, 0.3) is 0 Å². The SMILES string of the molecule is CCCN(CC(=O)O)Cc1ccnc(C)n1. The van der Waals surface area contributed by atoms with Gasteiger partial charge in [-0.15, -0.1) is 0 Å². The van der Waals surface area contributed by atoms with Gasteiger partial charge in [-0.2, -0.15) is 0 Å². The largest absolute Gasteiger partial charge is 0.480 e. The molecule has 0 radical (unpaired) electrons. The summed E-state index contributed by atoms with van der Waals surface area (Å²) < 4.78 is 0. The number of aromatic nitrogens is 2. The van der Waals surface area contributed by atoms with Crippen molar-refractivity contribution in [1.82, 2.24) is 14.9 Å². The van der Waals surface area contributed by atoms with E-state index in [1.54, 1.807) is 6.20 Å². The minimum Gasteiger partial charge on any atom is -0.480 e. The van der Waals surface area contributed by atoms with Crippen molar-refractivity contribution in [2.24, 2.45) is 0 Å². The summed E-state index contributed by atoms with van der Waals surface area (Å²) in [4.78, 5) is 20.8. The Hall–Kier alpha value is -1.49. The summed E-state index contributed by atoms with van der Waals surface area (Å²) in [5, 5.41) is 8.77. The van der Waals surface area contributed by atoms with Crippen molar-refractivity contribution in [3.63, 3.8) is 0 Å². The Morgan fingerprint density at radius 2 is 2.31 bits per heavy atom. The number of nitrogens with zero attached hydrogens (tertiary/aromatic N) is 3. The van der Waals surface area contributed by atoms with Gasteiger partial charge in [-0.25, -0.2) is 9.97 Å². The third-order valence-electron chi connectivity index (χ3n) is 2.12. The minimum atomic E-state index is -0.806. The summed E-state index contributed by atoms with van der Waals surface area (Å²) in [6.07, 6.45) is 2.62. The van der Waals surface area contributed by atoms with Gasteiger partial charge in [-0.05, 0) is 26.0 Å². The van der Waals surface area contributed by atoms with E-state index in [9.17, 15) is 4.79 Å². The number of carbonyl (C=O) groups is 1. The van der Waals surface area contributed by atoms with Crippen LogP contribution in [0, 0.1) is 6.92 Å². The van der Waals surface area contributed by atoms with Gasteiger partial charge in [-0.3, -0.25) is 9.69 Å². The fraction of sp³-hybridized carbons (Fsp3) is 0.545. The molecule has 0 saturated heterocycles. The third kappa shape index (κ3) is 4.35. The van der Waals surface area contributed by atoms with Crippen LogP contribution in [0.3, 0.4) is 0 Å². The van der Waals surface area contributed by atoms with Gasteiger partial charge in [0.05, 0.1) is 12.2 Å². The molecule has 0 bridgehead atoms.